The minimum atomic E-state index is -0.899. The van der Waals surface area contributed by atoms with Crippen LogP contribution in [0.2, 0.25) is 5.02 Å². The molecule has 0 saturated carbocycles. The highest BCUT2D eigenvalue weighted by molar-refractivity contribution is 7.07. The van der Waals surface area contributed by atoms with Crippen molar-refractivity contribution < 1.29 is 23.4 Å². The molecule has 0 fully saturated rings. The van der Waals surface area contributed by atoms with Crippen molar-refractivity contribution in [3.05, 3.63) is 115 Å². The average molecular weight is 555 g/mol. The zero-order chi connectivity index (χ0) is 27.4. The van der Waals surface area contributed by atoms with E-state index < -0.39 is 23.4 Å². The highest BCUT2D eigenvalue weighted by Crippen LogP contribution is 2.36. The number of halogens is 2. The molecule has 0 spiro atoms. The maximum atomic E-state index is 14.5. The third-order valence-electron chi connectivity index (χ3n) is 5.71. The molecule has 2 aromatic carbocycles. The van der Waals surface area contributed by atoms with Crippen molar-refractivity contribution >= 4 is 35.0 Å². The summed E-state index contributed by atoms with van der Waals surface area (Å²) in [5.41, 5.74) is 0.737. The van der Waals surface area contributed by atoms with Gasteiger partial charge < -0.3 is 14.2 Å². The Morgan fingerprint density at radius 3 is 2.66 bits per heavy atom. The molecule has 1 aliphatic heterocycles. The number of aromatic nitrogens is 1. The van der Waals surface area contributed by atoms with Gasteiger partial charge in [-0.15, -0.1) is 0 Å². The van der Waals surface area contributed by atoms with Gasteiger partial charge in [0.1, 0.15) is 19.0 Å². The third kappa shape index (κ3) is 5.20. The Balaban J connectivity index is 1.96. The number of esters is 1. The van der Waals surface area contributed by atoms with Crippen molar-refractivity contribution in [3.8, 4) is 11.5 Å². The molecule has 1 aliphatic rings. The fourth-order valence-electron chi connectivity index (χ4n) is 4.01. The van der Waals surface area contributed by atoms with Gasteiger partial charge in [0.2, 0.25) is 0 Å². The Bertz CT molecular complexity index is 1620. The van der Waals surface area contributed by atoms with Crippen LogP contribution in [-0.2, 0) is 9.53 Å². The number of nitrogens with zero attached hydrogens (tertiary/aromatic N) is 2. The van der Waals surface area contributed by atoms with Gasteiger partial charge in [0.15, 0.2) is 16.3 Å². The largest absolute Gasteiger partial charge is 0.493 e. The first kappa shape index (κ1) is 27.1. The van der Waals surface area contributed by atoms with Crippen molar-refractivity contribution in [2.45, 2.75) is 13.0 Å². The van der Waals surface area contributed by atoms with Gasteiger partial charge in [0.05, 0.1) is 34.0 Å². The molecule has 0 bridgehead atoms. The van der Waals surface area contributed by atoms with Crippen molar-refractivity contribution in [3.63, 3.8) is 0 Å². The quantitative estimate of drug-likeness (QED) is 0.291. The Kier molecular flexibility index (Phi) is 8.29. The number of thiazole rings is 1. The zero-order valence-corrected chi connectivity index (χ0v) is 22.3. The van der Waals surface area contributed by atoms with Gasteiger partial charge in [-0.25, -0.2) is 14.2 Å². The highest BCUT2D eigenvalue weighted by atomic mass is 35.5. The van der Waals surface area contributed by atoms with E-state index in [2.05, 4.69) is 18.2 Å². The molecule has 0 N–H and O–H groups in total. The number of carbonyl (C=O) groups is 1. The first-order valence-corrected chi connectivity index (χ1v) is 12.7. The zero-order valence-electron chi connectivity index (χ0n) is 20.7. The first-order valence-electron chi connectivity index (χ1n) is 11.5. The van der Waals surface area contributed by atoms with E-state index >= 15 is 0 Å². The molecule has 0 aliphatic carbocycles. The van der Waals surface area contributed by atoms with Gasteiger partial charge in [0, 0.05) is 5.56 Å². The molecule has 3 aromatic rings. The molecular formula is C28H24ClFN2O5S. The third-order valence-corrected chi connectivity index (χ3v) is 7.02. The minimum absolute atomic E-state index is 0.0177. The molecule has 7 nitrogen and oxygen atoms in total. The molecule has 1 aromatic heterocycles. The molecule has 0 radical (unpaired) electrons. The maximum Gasteiger partial charge on any atom is 0.338 e. The van der Waals surface area contributed by atoms with Gasteiger partial charge >= 0.3 is 5.97 Å². The van der Waals surface area contributed by atoms with Crippen LogP contribution in [-0.4, -0.2) is 30.9 Å². The number of ether oxygens (including phenoxy) is 3. The Hall–Kier alpha value is -3.95. The lowest BCUT2D eigenvalue weighted by atomic mass is 9.95. The normalized spacial score (nSPS) is 14.9. The second-order valence-corrected chi connectivity index (χ2v) is 9.53. The fourth-order valence-corrected chi connectivity index (χ4v) is 5.26. The van der Waals surface area contributed by atoms with Crippen molar-refractivity contribution in [1.82, 2.24) is 4.57 Å². The average Bonchev–Trinajstić information content (AvgIpc) is 3.21. The standard InChI is InChI=1S/C28H24ClFN2O5S/c1-5-12-36-21-11-10-17(14-22(21)35-4)25-24(27(34)37-13-6-2)16(3)31-28-32(25)26(33)23(38-28)15-18-19(29)8-7-9-20(18)30/h5-11,14-15,25H,1-2,12-13H2,3-4H3/b23-15-. The van der Waals surface area contributed by atoms with Crippen LogP contribution in [0.1, 0.15) is 24.1 Å². The summed E-state index contributed by atoms with van der Waals surface area (Å²) in [6.45, 7) is 9.15. The summed E-state index contributed by atoms with van der Waals surface area (Å²) in [6.07, 6.45) is 4.44. The van der Waals surface area contributed by atoms with Crippen LogP contribution in [0, 0.1) is 5.82 Å². The summed E-state index contributed by atoms with van der Waals surface area (Å²) in [7, 11) is 1.49. The summed E-state index contributed by atoms with van der Waals surface area (Å²) in [5, 5.41) is 0.164. The molecule has 1 unspecified atom stereocenters. The number of allylic oxidation sites excluding steroid dienone is 1. The Labute approximate surface area is 227 Å². The van der Waals surface area contributed by atoms with E-state index in [4.69, 9.17) is 25.8 Å². The lowest BCUT2D eigenvalue weighted by molar-refractivity contribution is -0.138. The molecule has 1 atom stereocenters. The number of methoxy groups -OCH3 is 1. The lowest BCUT2D eigenvalue weighted by Crippen LogP contribution is -2.40. The molecule has 4 rings (SSSR count). The summed E-state index contributed by atoms with van der Waals surface area (Å²) in [4.78, 5) is 31.8. The Morgan fingerprint density at radius 1 is 1.21 bits per heavy atom. The SMILES string of the molecule is C=CCOC(=O)C1=C(C)N=c2s/c(=C\c3c(F)cccc3Cl)c(=O)n2C1c1ccc(OCC=C)c(OC)c1. The summed E-state index contributed by atoms with van der Waals surface area (Å²) < 4.78 is 32.6. The van der Waals surface area contributed by atoms with Gasteiger partial charge in [-0.3, -0.25) is 9.36 Å². The van der Waals surface area contributed by atoms with E-state index in [1.807, 2.05) is 0 Å². The topological polar surface area (TPSA) is 79.1 Å². The van der Waals surface area contributed by atoms with E-state index in [1.165, 1.54) is 42.0 Å². The molecule has 0 amide bonds. The first-order chi connectivity index (χ1) is 18.3. The van der Waals surface area contributed by atoms with E-state index in [1.54, 1.807) is 31.2 Å². The summed E-state index contributed by atoms with van der Waals surface area (Å²) >= 11 is 7.26. The van der Waals surface area contributed by atoms with Crippen LogP contribution in [0.4, 0.5) is 4.39 Å². The van der Waals surface area contributed by atoms with Crippen molar-refractivity contribution in [1.29, 1.82) is 0 Å². The van der Waals surface area contributed by atoms with Gasteiger partial charge in [0.25, 0.3) is 5.56 Å². The second kappa shape index (κ2) is 11.6. The van der Waals surface area contributed by atoms with Crippen LogP contribution >= 0.6 is 22.9 Å². The molecule has 38 heavy (non-hydrogen) atoms. The van der Waals surface area contributed by atoms with Gasteiger partial charge in [-0.2, -0.15) is 0 Å². The minimum Gasteiger partial charge on any atom is -0.493 e. The highest BCUT2D eigenvalue weighted by Gasteiger charge is 2.34. The molecule has 0 saturated heterocycles. The van der Waals surface area contributed by atoms with Crippen LogP contribution in [0.5, 0.6) is 11.5 Å². The number of carbonyl (C=O) groups excluding carboxylic acids is 1. The number of hydrogen-bond acceptors (Lipinski definition) is 7. The number of benzene rings is 2. The Morgan fingerprint density at radius 2 is 1.97 bits per heavy atom. The molecular weight excluding hydrogens is 531 g/mol. The monoisotopic (exact) mass is 554 g/mol. The second-order valence-electron chi connectivity index (χ2n) is 8.11. The van der Waals surface area contributed by atoms with Crippen molar-refractivity contribution in [2.75, 3.05) is 20.3 Å². The summed E-state index contributed by atoms with van der Waals surface area (Å²) in [5.74, 6) is -0.342. The predicted molar refractivity (Wildman–Crippen MR) is 145 cm³/mol. The molecule has 2 heterocycles. The fraction of sp³-hybridized carbons (Fsp3) is 0.179. The van der Waals surface area contributed by atoms with Crippen LogP contribution in [0.3, 0.4) is 0 Å². The molecule has 10 heteroatoms. The summed E-state index contributed by atoms with van der Waals surface area (Å²) in [6, 6.07) is 8.49. The maximum absolute atomic E-state index is 14.5. The van der Waals surface area contributed by atoms with Gasteiger partial charge in [-0.1, -0.05) is 60.4 Å². The number of rotatable bonds is 9. The number of hydrogen-bond donors (Lipinski definition) is 0. The molecule has 196 valence electrons. The lowest BCUT2D eigenvalue weighted by Gasteiger charge is -2.25. The van der Waals surface area contributed by atoms with Crippen LogP contribution in [0.25, 0.3) is 6.08 Å². The van der Waals surface area contributed by atoms with E-state index in [0.29, 0.717) is 27.6 Å². The van der Waals surface area contributed by atoms with E-state index in [0.717, 1.165) is 11.3 Å². The number of fused-ring (bicyclic) bond motifs is 1. The van der Waals surface area contributed by atoms with Crippen molar-refractivity contribution in [2.24, 2.45) is 4.99 Å². The van der Waals surface area contributed by atoms with E-state index in [9.17, 15) is 14.0 Å². The van der Waals surface area contributed by atoms with Crippen LogP contribution < -0.4 is 24.4 Å². The van der Waals surface area contributed by atoms with Gasteiger partial charge in [-0.05, 0) is 42.8 Å². The smallest absolute Gasteiger partial charge is 0.338 e. The van der Waals surface area contributed by atoms with Crippen LogP contribution in [0.15, 0.2) is 82.8 Å². The van der Waals surface area contributed by atoms with E-state index in [-0.39, 0.29) is 33.9 Å². The predicted octanol–water partition coefficient (Wildman–Crippen LogP) is 4.33.